The predicted octanol–water partition coefficient (Wildman–Crippen LogP) is 3.39. The van der Waals surface area contributed by atoms with E-state index in [4.69, 9.17) is 9.26 Å². The zero-order valence-corrected chi connectivity index (χ0v) is 14.5. The Morgan fingerprint density at radius 1 is 1.38 bits per heavy atom. The van der Waals surface area contributed by atoms with Gasteiger partial charge in [0.1, 0.15) is 5.75 Å². The third kappa shape index (κ3) is 3.30. The summed E-state index contributed by atoms with van der Waals surface area (Å²) in [5.74, 6) is 0.963. The van der Waals surface area contributed by atoms with E-state index in [1.807, 2.05) is 31.2 Å². The van der Waals surface area contributed by atoms with Crippen LogP contribution in [0.5, 0.6) is 5.75 Å². The normalized spacial score (nSPS) is 10.6. The third-order valence-corrected chi connectivity index (χ3v) is 4.41. The highest BCUT2D eigenvalue weighted by Gasteiger charge is 2.19. The first-order valence-corrected chi connectivity index (χ1v) is 8.17. The zero-order chi connectivity index (χ0) is 17.1. The fourth-order valence-electron chi connectivity index (χ4n) is 2.33. The van der Waals surface area contributed by atoms with Gasteiger partial charge in [-0.2, -0.15) is 0 Å². The molecule has 6 nitrogen and oxygen atoms in total. The van der Waals surface area contributed by atoms with Crippen molar-refractivity contribution in [3.63, 3.8) is 0 Å². The second-order valence-corrected chi connectivity index (χ2v) is 6.60. The molecule has 0 aliphatic rings. The number of thiazole rings is 1. The molecule has 0 atom stereocenters. The summed E-state index contributed by atoms with van der Waals surface area (Å²) in [6.07, 6.45) is 1.78. The minimum atomic E-state index is -0.203. The number of hydrogen-bond donors (Lipinski definition) is 0. The minimum absolute atomic E-state index is 0.203. The zero-order valence-electron chi connectivity index (χ0n) is 13.6. The fraction of sp³-hybridized carbons (Fsp3) is 0.235. The number of nitrogens with zero attached hydrogens (tertiary/aromatic N) is 3. The van der Waals surface area contributed by atoms with Gasteiger partial charge in [-0.05, 0) is 19.1 Å². The topological polar surface area (TPSA) is 68.5 Å². The largest absolute Gasteiger partial charge is 0.496 e. The number of benzene rings is 1. The third-order valence-electron chi connectivity index (χ3n) is 3.51. The van der Waals surface area contributed by atoms with Crippen molar-refractivity contribution in [3.05, 3.63) is 52.1 Å². The molecule has 24 heavy (non-hydrogen) atoms. The van der Waals surface area contributed by atoms with Crippen LogP contribution >= 0.6 is 11.3 Å². The van der Waals surface area contributed by atoms with Gasteiger partial charge < -0.3 is 14.2 Å². The van der Waals surface area contributed by atoms with Gasteiger partial charge in [0.25, 0.3) is 5.91 Å². The molecule has 1 aromatic carbocycles. The molecule has 2 aromatic heterocycles. The lowest BCUT2D eigenvalue weighted by Crippen LogP contribution is -2.26. The van der Waals surface area contributed by atoms with Crippen LogP contribution in [-0.2, 0) is 6.54 Å². The number of hydrogen-bond acceptors (Lipinski definition) is 6. The molecule has 0 N–H and O–H groups in total. The first-order chi connectivity index (χ1) is 11.6. The van der Waals surface area contributed by atoms with E-state index in [1.165, 1.54) is 0 Å². The van der Waals surface area contributed by atoms with E-state index in [0.29, 0.717) is 18.1 Å². The lowest BCUT2D eigenvalue weighted by molar-refractivity contribution is 0.0776. The van der Waals surface area contributed by atoms with Gasteiger partial charge in [0.05, 0.1) is 24.2 Å². The van der Waals surface area contributed by atoms with Crippen molar-refractivity contribution in [2.24, 2.45) is 0 Å². The Morgan fingerprint density at radius 3 is 2.88 bits per heavy atom. The minimum Gasteiger partial charge on any atom is -0.496 e. The van der Waals surface area contributed by atoms with E-state index in [1.54, 1.807) is 42.7 Å². The lowest BCUT2D eigenvalue weighted by Gasteiger charge is -2.13. The SMILES string of the molecule is COc1ccccc1-c1cc(C(=O)N(C)Cc2cnc(C)s2)no1. The van der Waals surface area contributed by atoms with Crippen molar-refractivity contribution in [1.29, 1.82) is 0 Å². The molecule has 1 amide bonds. The number of para-hydroxylation sites is 1. The van der Waals surface area contributed by atoms with Gasteiger partial charge in [0, 0.05) is 24.2 Å². The van der Waals surface area contributed by atoms with Gasteiger partial charge in [0.15, 0.2) is 11.5 Å². The summed E-state index contributed by atoms with van der Waals surface area (Å²) >= 11 is 1.57. The number of ether oxygens (including phenoxy) is 1. The maximum Gasteiger partial charge on any atom is 0.276 e. The summed E-state index contributed by atoms with van der Waals surface area (Å²) in [6, 6.07) is 9.07. The average molecular weight is 343 g/mol. The van der Waals surface area contributed by atoms with Crippen LogP contribution < -0.4 is 4.74 Å². The van der Waals surface area contributed by atoms with Crippen molar-refractivity contribution in [2.75, 3.05) is 14.2 Å². The highest BCUT2D eigenvalue weighted by molar-refractivity contribution is 7.11. The molecule has 0 saturated carbocycles. The van der Waals surface area contributed by atoms with Gasteiger partial charge in [0.2, 0.25) is 0 Å². The Kier molecular flexibility index (Phi) is 4.61. The van der Waals surface area contributed by atoms with Crippen molar-refractivity contribution in [3.8, 4) is 17.1 Å². The van der Waals surface area contributed by atoms with Gasteiger partial charge in [-0.15, -0.1) is 11.3 Å². The summed E-state index contributed by atoms with van der Waals surface area (Å²) in [5.41, 5.74) is 1.02. The van der Waals surface area contributed by atoms with E-state index < -0.39 is 0 Å². The van der Waals surface area contributed by atoms with Crippen molar-refractivity contribution >= 4 is 17.2 Å². The van der Waals surface area contributed by atoms with Gasteiger partial charge in [-0.3, -0.25) is 4.79 Å². The molecule has 3 aromatic rings. The first kappa shape index (κ1) is 16.2. The number of aryl methyl sites for hydroxylation is 1. The summed E-state index contributed by atoms with van der Waals surface area (Å²) in [4.78, 5) is 19.3. The van der Waals surface area contributed by atoms with Crippen LogP contribution in [0.15, 0.2) is 41.1 Å². The summed E-state index contributed by atoms with van der Waals surface area (Å²) in [7, 11) is 3.32. The Morgan fingerprint density at radius 2 is 2.17 bits per heavy atom. The Balaban J connectivity index is 1.78. The number of amides is 1. The highest BCUT2D eigenvalue weighted by atomic mass is 32.1. The number of methoxy groups -OCH3 is 1. The van der Waals surface area contributed by atoms with E-state index >= 15 is 0 Å². The van der Waals surface area contributed by atoms with Crippen LogP contribution in [0.4, 0.5) is 0 Å². The summed E-state index contributed by atoms with van der Waals surface area (Å²) in [5, 5.41) is 4.88. The standard InChI is InChI=1S/C17H17N3O3S/c1-11-18-9-12(24-11)10-20(2)17(21)14-8-16(23-19-14)13-6-4-5-7-15(13)22-3/h4-9H,10H2,1-3H3. The van der Waals surface area contributed by atoms with Crippen LogP contribution in [0.3, 0.4) is 0 Å². The molecular formula is C17H17N3O3S. The maximum absolute atomic E-state index is 12.5. The van der Waals surface area contributed by atoms with Crippen molar-refractivity contribution in [1.82, 2.24) is 15.0 Å². The lowest BCUT2D eigenvalue weighted by atomic mass is 10.1. The van der Waals surface area contributed by atoms with E-state index in [9.17, 15) is 4.79 Å². The van der Waals surface area contributed by atoms with Crippen molar-refractivity contribution < 1.29 is 14.1 Å². The van der Waals surface area contributed by atoms with Crippen molar-refractivity contribution in [2.45, 2.75) is 13.5 Å². The summed E-state index contributed by atoms with van der Waals surface area (Å²) < 4.78 is 10.6. The molecule has 0 spiro atoms. The molecule has 0 aliphatic carbocycles. The van der Waals surface area contributed by atoms with Gasteiger partial charge >= 0.3 is 0 Å². The second kappa shape index (κ2) is 6.84. The smallest absolute Gasteiger partial charge is 0.276 e. The van der Waals surface area contributed by atoms with Crippen LogP contribution in [0.1, 0.15) is 20.4 Å². The number of rotatable bonds is 5. The van der Waals surface area contributed by atoms with Crippen LogP contribution in [0, 0.1) is 6.92 Å². The average Bonchev–Trinajstić information content (AvgIpc) is 3.23. The predicted molar refractivity (Wildman–Crippen MR) is 91.1 cm³/mol. The number of carbonyl (C=O) groups excluding carboxylic acids is 1. The second-order valence-electron chi connectivity index (χ2n) is 5.28. The molecule has 0 aliphatic heterocycles. The molecule has 7 heteroatoms. The fourth-order valence-corrected chi connectivity index (χ4v) is 3.18. The summed E-state index contributed by atoms with van der Waals surface area (Å²) in [6.45, 7) is 2.42. The maximum atomic E-state index is 12.5. The quantitative estimate of drug-likeness (QED) is 0.710. The monoisotopic (exact) mass is 343 g/mol. The highest BCUT2D eigenvalue weighted by Crippen LogP contribution is 2.30. The molecule has 0 unspecified atom stereocenters. The van der Waals surface area contributed by atoms with Gasteiger partial charge in [-0.1, -0.05) is 17.3 Å². The van der Waals surface area contributed by atoms with Crippen LogP contribution in [0.2, 0.25) is 0 Å². The van der Waals surface area contributed by atoms with Crippen LogP contribution in [0.25, 0.3) is 11.3 Å². The molecule has 124 valence electrons. The van der Waals surface area contributed by atoms with E-state index in [-0.39, 0.29) is 11.6 Å². The van der Waals surface area contributed by atoms with Crippen LogP contribution in [-0.4, -0.2) is 35.1 Å². The Hall–Kier alpha value is -2.67. The van der Waals surface area contributed by atoms with Gasteiger partial charge in [-0.25, -0.2) is 4.98 Å². The Bertz CT molecular complexity index is 856. The Labute approximate surface area is 143 Å². The molecule has 0 fully saturated rings. The number of aromatic nitrogens is 2. The molecule has 0 saturated heterocycles. The molecule has 2 heterocycles. The molecule has 0 bridgehead atoms. The molecule has 0 radical (unpaired) electrons. The molecule has 3 rings (SSSR count). The first-order valence-electron chi connectivity index (χ1n) is 7.35. The van der Waals surface area contributed by atoms with E-state index in [2.05, 4.69) is 10.1 Å². The molecular weight excluding hydrogens is 326 g/mol. The number of carbonyl (C=O) groups is 1. The van der Waals surface area contributed by atoms with E-state index in [0.717, 1.165) is 15.4 Å².